The lowest BCUT2D eigenvalue weighted by Gasteiger charge is -2.27. The molecule has 0 bridgehead atoms. The average Bonchev–Trinajstić information content (AvgIpc) is 1.75. The maximum atomic E-state index is 13.1. The number of aromatic nitrogens is 4. The highest BCUT2D eigenvalue weighted by atomic mass is 16.6. The van der Waals surface area contributed by atoms with Gasteiger partial charge in [0.1, 0.15) is 30.2 Å². The molecule has 594 valence electrons. The van der Waals surface area contributed by atoms with E-state index in [1.165, 1.54) is 106 Å². The third kappa shape index (κ3) is 30.5. The summed E-state index contributed by atoms with van der Waals surface area (Å²) in [5, 5.41) is 31.5. The van der Waals surface area contributed by atoms with Gasteiger partial charge in [-0.15, -0.1) is 0 Å². The first-order valence-corrected chi connectivity index (χ1v) is 38.9. The normalized spacial score (nSPS) is 17.8. The van der Waals surface area contributed by atoms with E-state index >= 15 is 0 Å². The van der Waals surface area contributed by atoms with Crippen molar-refractivity contribution in [3.63, 3.8) is 0 Å². The van der Waals surface area contributed by atoms with Gasteiger partial charge in [-0.05, 0) is 268 Å². The zero-order valence-corrected chi connectivity index (χ0v) is 68.6. The molecule has 2 aromatic heterocycles. The van der Waals surface area contributed by atoms with Crippen molar-refractivity contribution in [2.75, 3.05) is 64.0 Å². The number of hydrogen-bond donors (Lipinski definition) is 5. The monoisotopic (exact) mass is 1500 g/mol. The lowest BCUT2D eigenvalue weighted by molar-refractivity contribution is -0.121. The van der Waals surface area contributed by atoms with Gasteiger partial charge in [-0.2, -0.15) is 0 Å². The Morgan fingerprint density at radius 3 is 1.47 bits per heavy atom. The van der Waals surface area contributed by atoms with Gasteiger partial charge >= 0.3 is 6.09 Å². The number of imidazole rings is 1. The molecule has 3 aliphatic rings. The summed E-state index contributed by atoms with van der Waals surface area (Å²) in [7, 11) is 6.53. The number of nitrogens with zero attached hydrogens (tertiary/aromatic N) is 6. The Balaban J connectivity index is 0.000000368. The van der Waals surface area contributed by atoms with E-state index in [0.717, 1.165) is 132 Å². The number of benzene rings is 2. The van der Waals surface area contributed by atoms with Gasteiger partial charge in [0.05, 0.1) is 51.7 Å². The predicted molar refractivity (Wildman–Crippen MR) is 444 cm³/mol. The quantitative estimate of drug-likeness (QED) is 0.0208. The van der Waals surface area contributed by atoms with Crippen LogP contribution in [0.4, 0.5) is 27.7 Å². The summed E-state index contributed by atoms with van der Waals surface area (Å²) < 4.78 is 22.2. The molecular weight excluding hydrogens is 1370 g/mol. The van der Waals surface area contributed by atoms with Crippen LogP contribution in [0.5, 0.6) is 0 Å². The second-order valence-corrected chi connectivity index (χ2v) is 29.7. The van der Waals surface area contributed by atoms with Crippen LogP contribution in [-0.2, 0) is 46.2 Å². The number of nitrogen functional groups attached to an aromatic ring is 1. The fourth-order valence-electron chi connectivity index (χ4n) is 13.1. The molecule has 0 radical (unpaired) electrons. The number of ether oxygens (including phenoxy) is 4. The lowest BCUT2D eigenvalue weighted by Crippen LogP contribution is -2.35. The van der Waals surface area contributed by atoms with Gasteiger partial charge in [-0.1, -0.05) is 141 Å². The highest BCUT2D eigenvalue weighted by molar-refractivity contribution is 6.23. The Kier molecular flexibility index (Phi) is 39.9. The SMILES string of the molecule is CCOC(=O)Nc1ccc2c(c1)N(C(=O)CN(C)C)c1ccccc1CC2.COC1=C(OC)C(=O)C(C/C=C(\C)CC/C=C(\C)CC/C=C(\C)CC/C=C(\C)CC/C=C(\C)CC/C=C(\C)CC/C=C(\C)CC/C=C(\C)CC/C=C(\C)CCC=C(C)C)=C(C)C1=O.Nc1ncnc2c1ncn2[C@@H]1O[C@H](CO)[C@@H](O)[C@H]1O. The third-order valence-corrected chi connectivity index (χ3v) is 19.7. The van der Waals surface area contributed by atoms with Gasteiger partial charge in [0, 0.05) is 16.8 Å². The minimum Gasteiger partial charge on any atom is -0.489 e. The van der Waals surface area contributed by atoms with E-state index in [2.05, 4.69) is 163 Å². The summed E-state index contributed by atoms with van der Waals surface area (Å²) in [5.74, 6) is -0.364. The molecule has 4 aromatic rings. The van der Waals surface area contributed by atoms with Gasteiger partial charge in [-0.25, -0.2) is 19.7 Å². The number of carbonyl (C=O) groups excluding carboxylic acids is 4. The minimum absolute atomic E-state index is 0.00667. The molecule has 4 heterocycles. The highest BCUT2D eigenvalue weighted by Gasteiger charge is 2.44. The number of rotatable bonds is 37. The molecule has 7 rings (SSSR count). The zero-order chi connectivity index (χ0) is 80.1. The van der Waals surface area contributed by atoms with E-state index in [4.69, 9.17) is 29.8 Å². The molecule has 6 N–H and O–H groups in total. The molecule has 4 atom stereocenters. The Bertz CT molecular complexity index is 4070. The maximum Gasteiger partial charge on any atom is 0.411 e. The first-order valence-electron chi connectivity index (χ1n) is 38.9. The molecule has 1 aliphatic carbocycles. The Morgan fingerprint density at radius 1 is 0.596 bits per heavy atom. The highest BCUT2D eigenvalue weighted by Crippen LogP contribution is 2.39. The van der Waals surface area contributed by atoms with E-state index in [-0.39, 0.29) is 34.8 Å². The molecule has 109 heavy (non-hydrogen) atoms. The number of ketones is 2. The number of aliphatic hydroxyl groups is 3. The summed E-state index contributed by atoms with van der Waals surface area (Å²) in [5.41, 5.74) is 26.4. The van der Waals surface area contributed by atoms with E-state index < -0.39 is 37.2 Å². The van der Waals surface area contributed by atoms with E-state index in [9.17, 15) is 29.4 Å². The molecule has 2 aliphatic heterocycles. The van der Waals surface area contributed by atoms with Gasteiger partial charge < -0.3 is 44.9 Å². The number of hydrogen-bond acceptors (Lipinski definition) is 16. The molecular formula is C90H128N8O11. The van der Waals surface area contributed by atoms with Crippen LogP contribution >= 0.6 is 0 Å². The lowest BCUT2D eigenvalue weighted by atomic mass is 9.90. The first kappa shape index (κ1) is 90.8. The van der Waals surface area contributed by atoms with Crippen molar-refractivity contribution in [3.8, 4) is 0 Å². The summed E-state index contributed by atoms with van der Waals surface area (Å²) in [6.07, 6.45) is 44.0. The molecule has 19 nitrogen and oxygen atoms in total. The number of methoxy groups -OCH3 is 2. The first-order chi connectivity index (χ1) is 52.1. The van der Waals surface area contributed by atoms with Crippen molar-refractivity contribution in [2.24, 2.45) is 0 Å². The van der Waals surface area contributed by atoms with Crippen molar-refractivity contribution in [2.45, 2.75) is 249 Å². The van der Waals surface area contributed by atoms with Crippen LogP contribution in [-0.4, -0.2) is 130 Å². The van der Waals surface area contributed by atoms with Crippen LogP contribution in [0.25, 0.3) is 11.2 Å². The number of Topliss-reactive ketones (excluding diaryl/α,β-unsaturated/α-hetero) is 2. The Labute approximate surface area is 651 Å². The molecule has 0 unspecified atom stereocenters. The smallest absolute Gasteiger partial charge is 0.411 e. The van der Waals surface area contributed by atoms with Gasteiger partial charge in [0.2, 0.25) is 29.0 Å². The largest absolute Gasteiger partial charge is 0.489 e. The number of likely N-dealkylation sites (N-methyl/N-ethyl adjacent to an activating group) is 1. The summed E-state index contributed by atoms with van der Waals surface area (Å²) in [6, 6.07) is 13.6. The number of aliphatic hydroxyl groups excluding tert-OH is 3. The van der Waals surface area contributed by atoms with Crippen LogP contribution < -0.4 is 16.0 Å². The predicted octanol–water partition coefficient (Wildman–Crippen LogP) is 19.5. The third-order valence-electron chi connectivity index (χ3n) is 19.7. The van der Waals surface area contributed by atoms with Crippen LogP contribution in [0.1, 0.15) is 229 Å². The van der Waals surface area contributed by atoms with Crippen LogP contribution in [0.3, 0.4) is 0 Å². The molecule has 2 amide bonds. The average molecular weight is 1500 g/mol. The number of allylic oxidation sites excluding steroid dienone is 22. The minimum atomic E-state index is -1.19. The number of nitrogens with two attached hydrogens (primary N) is 1. The fraction of sp³-hybridized carbons (Fsp3) is 0.500. The molecule has 2 aromatic carbocycles. The summed E-state index contributed by atoms with van der Waals surface area (Å²) in [4.78, 5) is 65.9. The number of para-hydroxylation sites is 1. The molecule has 0 spiro atoms. The molecule has 0 saturated carbocycles. The van der Waals surface area contributed by atoms with Gasteiger partial charge in [0.15, 0.2) is 17.7 Å². The number of fused-ring (bicyclic) bond motifs is 3. The van der Waals surface area contributed by atoms with Crippen molar-refractivity contribution < 1.29 is 53.4 Å². The second-order valence-electron chi connectivity index (χ2n) is 29.7. The molecule has 1 saturated heterocycles. The Morgan fingerprint density at radius 2 is 1.04 bits per heavy atom. The van der Waals surface area contributed by atoms with E-state index in [1.54, 1.807) is 18.7 Å². The fourth-order valence-corrected chi connectivity index (χ4v) is 13.1. The van der Waals surface area contributed by atoms with Crippen LogP contribution in [0, 0.1) is 0 Å². The standard InChI is InChI=1S/C59H90O4.C21H25N3O3.C10H13N5O4/c1-44(2)24-15-25-45(3)26-16-27-46(4)28-17-29-47(5)30-18-31-48(6)32-19-33-49(7)34-20-35-50(8)36-21-37-51(9)38-22-39-52(10)40-23-41-53(11)42-43-55-54(12)56(60)58(62-13)59(63-14)57(55)61;1-4-27-21(26)22-17-12-11-16-10-9-15-7-5-6-8-18(15)24(19(16)13-17)20(25)14-23(2)3;11-8-5-9(13-2-12-8)15(3-14-5)10-7(18)6(17)4(1-16)19-10/h24,26,28,30,32,34,36,38,40,42H,15-23,25,27,29,31,33,35,37,39,41,43H2,1-14H3;5-8,11-13H,4,9-10,14H2,1-3H3,(H,22,26);2-4,6-7,10,16-18H,1H2,(H2,11,12,13)/b45-26+,46-28+,47-30+,48-32+,49-34+,50-36+,51-38+,52-40+,53-42+;;/t;;4-,6-,7-,10-/m..1/s1. The van der Waals surface area contributed by atoms with Crippen LogP contribution in [0.15, 0.2) is 194 Å². The Hall–Kier alpha value is -8.85. The van der Waals surface area contributed by atoms with Crippen molar-refractivity contribution >= 4 is 57.6 Å². The van der Waals surface area contributed by atoms with Gasteiger partial charge in [0.25, 0.3) is 0 Å². The number of aryl methyl sites for hydroxylation is 2. The molecule has 19 heteroatoms. The number of carbonyl (C=O) groups is 4. The number of amides is 2. The van der Waals surface area contributed by atoms with Crippen LogP contribution in [0.2, 0.25) is 0 Å². The number of nitrogens with one attached hydrogen (secondary N) is 1. The maximum absolute atomic E-state index is 13.1. The van der Waals surface area contributed by atoms with E-state index in [1.807, 2.05) is 55.4 Å². The van der Waals surface area contributed by atoms with Crippen molar-refractivity contribution in [1.82, 2.24) is 24.4 Å². The summed E-state index contributed by atoms with van der Waals surface area (Å²) >= 11 is 0. The van der Waals surface area contributed by atoms with Gasteiger partial charge in [-0.3, -0.25) is 29.2 Å². The van der Waals surface area contributed by atoms with Crippen molar-refractivity contribution in [3.05, 3.63) is 205 Å². The molecule has 1 fully saturated rings. The van der Waals surface area contributed by atoms with Crippen molar-refractivity contribution in [1.29, 1.82) is 0 Å². The number of anilines is 4. The topological polar surface area (TPSA) is 254 Å². The second kappa shape index (κ2) is 47.9. The van der Waals surface area contributed by atoms with E-state index in [0.29, 0.717) is 47.6 Å². The zero-order valence-electron chi connectivity index (χ0n) is 68.6. The summed E-state index contributed by atoms with van der Waals surface area (Å²) in [6.45, 7) is 28.3.